The van der Waals surface area contributed by atoms with Crippen LogP contribution >= 0.6 is 19.4 Å². The zero-order chi connectivity index (χ0) is 57.4. The first-order chi connectivity index (χ1) is 36.0. The number of nitrogens with one attached hydrogen (secondary N) is 1. The Hall–Kier alpha value is -6.57. The Balaban J connectivity index is 1.31. The summed E-state index contributed by atoms with van der Waals surface area (Å²) in [4.78, 5) is 51.2. The van der Waals surface area contributed by atoms with Gasteiger partial charge in [0.2, 0.25) is 22.7 Å². The first-order valence-electron chi connectivity index (χ1n) is 22.6. The summed E-state index contributed by atoms with van der Waals surface area (Å²) in [6, 6.07) is 9.60. The van der Waals surface area contributed by atoms with Crippen molar-refractivity contribution in [3.63, 3.8) is 0 Å². The van der Waals surface area contributed by atoms with E-state index >= 15 is 8.78 Å². The molecule has 416 valence electrons. The van der Waals surface area contributed by atoms with E-state index < -0.39 is 175 Å². The van der Waals surface area contributed by atoms with Crippen molar-refractivity contribution in [1.82, 2.24) is 34.2 Å². The number of alkyl halides is 8. The molecule has 17 nitrogen and oxygen atoms in total. The topological polar surface area (TPSA) is 233 Å². The van der Waals surface area contributed by atoms with Gasteiger partial charge >= 0.3 is 20.2 Å². The third kappa shape index (κ3) is 12.2. The lowest BCUT2D eigenvalue weighted by atomic mass is 9.93. The molecule has 3 N–H and O–H groups in total. The maximum absolute atomic E-state index is 15.6. The molecule has 0 saturated heterocycles. The molecular weight excluding hydrogens is 1140 g/mol. The van der Waals surface area contributed by atoms with E-state index in [1.54, 1.807) is 0 Å². The number of hydrogen-bond acceptors (Lipinski definition) is 11. The fourth-order valence-corrected chi connectivity index (χ4v) is 10.4. The Bertz CT molecular complexity index is 3730. The number of sulfone groups is 1. The van der Waals surface area contributed by atoms with Gasteiger partial charge in [-0.2, -0.15) is 45.3 Å². The lowest BCUT2D eigenvalue weighted by molar-refractivity contribution is -0.143. The minimum Gasteiger partial charge on any atom is -0.404 e. The average Bonchev–Trinajstić information content (AvgIpc) is 4.01. The highest BCUT2D eigenvalue weighted by atomic mass is 35.5. The van der Waals surface area contributed by atoms with E-state index in [9.17, 15) is 75.9 Å². The highest BCUT2D eigenvalue weighted by Gasteiger charge is 2.68. The predicted molar refractivity (Wildman–Crippen MR) is 256 cm³/mol. The van der Waals surface area contributed by atoms with Gasteiger partial charge in [0.15, 0.2) is 15.5 Å². The van der Waals surface area contributed by atoms with Crippen molar-refractivity contribution in [2.24, 2.45) is 5.92 Å². The summed E-state index contributed by atoms with van der Waals surface area (Å²) < 4.78 is 214. The van der Waals surface area contributed by atoms with Crippen LogP contribution in [0, 0.1) is 29.4 Å². The largest absolute Gasteiger partial charge is 0.524 e. The molecular formula is C47H39ClF10N7O10PS2. The number of aromatic nitrogens is 5. The number of thiol groups is 1. The number of hydrogen-bond donors (Lipinski definition) is 4. The van der Waals surface area contributed by atoms with Gasteiger partial charge in [0.05, 0.1) is 40.9 Å². The molecule has 31 heteroatoms. The van der Waals surface area contributed by atoms with E-state index in [2.05, 4.69) is 36.9 Å². The molecule has 2 amide bonds. The summed E-state index contributed by atoms with van der Waals surface area (Å²) in [7, 11) is -13.1. The number of benzene rings is 3. The van der Waals surface area contributed by atoms with Crippen molar-refractivity contribution in [3.8, 4) is 28.7 Å². The Morgan fingerprint density at radius 3 is 2.26 bits per heavy atom. The standard InChI is InChI=1S/C47H39ClF10N7O10PS2/c1-44(2,78(3,73)74)13-12-27-8-9-28(40(59-27)33(16-23-14-25(49)18-26(50)15-23)60-36(66)21-63-43-38(42(62-63)47(56,57)58)30-19-31(30)46(43,54)55)29-10-11-32(48)39-34(61-64(41(29)39)22-45(51,52)53)20-65(77(71)72)37(67)17-24-6-4-5-7-35(24)75-76(68,69)70/h4-11,14-15,18,30-31,33,77H,16-17,19-22H2,1-3H3,(H,60,66)(H2,68,69,70)/t30-,31+,33?/m0/s1. The van der Waals surface area contributed by atoms with E-state index in [0.29, 0.717) is 10.7 Å². The van der Waals surface area contributed by atoms with Gasteiger partial charge in [0.25, 0.3) is 5.92 Å². The normalized spacial score (nSPS) is 16.6. The first kappa shape index (κ1) is 57.6. The summed E-state index contributed by atoms with van der Waals surface area (Å²) in [6.07, 6.45) is -11.4. The fourth-order valence-electron chi connectivity index (χ4n) is 8.96. The van der Waals surface area contributed by atoms with Gasteiger partial charge in [-0.25, -0.2) is 39.5 Å². The lowest BCUT2D eigenvalue weighted by Gasteiger charge is -2.23. The minimum atomic E-state index is -5.24. The summed E-state index contributed by atoms with van der Waals surface area (Å²) in [5, 5.41) is 9.01. The fraction of sp³-hybridized carbons (Fsp3) is 0.340. The quantitative estimate of drug-likeness (QED) is 0.0313. The molecule has 3 aromatic carbocycles. The summed E-state index contributed by atoms with van der Waals surface area (Å²) in [5.41, 5.74) is -6.65. The number of pyridine rings is 1. The van der Waals surface area contributed by atoms with Crippen LogP contribution < -0.4 is 9.84 Å². The molecule has 0 radical (unpaired) electrons. The summed E-state index contributed by atoms with van der Waals surface area (Å²) >= 11 is 6.67. The summed E-state index contributed by atoms with van der Waals surface area (Å²) in [5.74, 6) is -6.99. The number of nitrogens with zero attached hydrogens (tertiary/aromatic N) is 6. The van der Waals surface area contributed by atoms with Crippen molar-refractivity contribution in [2.45, 2.75) is 87.7 Å². The Morgan fingerprint density at radius 2 is 1.64 bits per heavy atom. The van der Waals surface area contributed by atoms with Crippen molar-refractivity contribution in [2.75, 3.05) is 6.26 Å². The van der Waals surface area contributed by atoms with E-state index in [1.807, 2.05) is 0 Å². The Kier molecular flexibility index (Phi) is 15.2. The number of carbonyl (C=O) groups is 2. The van der Waals surface area contributed by atoms with Gasteiger partial charge in [-0.05, 0) is 80.5 Å². The van der Waals surface area contributed by atoms with E-state index in [4.69, 9.17) is 11.6 Å². The van der Waals surface area contributed by atoms with Crippen molar-refractivity contribution >= 4 is 62.9 Å². The number of para-hydroxylation sites is 1. The number of amides is 2. The maximum Gasteiger partial charge on any atom is 0.524 e. The van der Waals surface area contributed by atoms with Crippen LogP contribution in [0.4, 0.5) is 43.9 Å². The third-order valence-corrected chi connectivity index (χ3v) is 16.2. The van der Waals surface area contributed by atoms with Crippen LogP contribution in [0.5, 0.6) is 5.75 Å². The molecule has 0 aliphatic heterocycles. The molecule has 2 aliphatic carbocycles. The molecule has 78 heavy (non-hydrogen) atoms. The molecule has 2 aliphatic rings. The second-order valence-corrected chi connectivity index (χ2v) is 23.8. The predicted octanol–water partition coefficient (Wildman–Crippen LogP) is 7.86. The van der Waals surface area contributed by atoms with Crippen molar-refractivity contribution < 1.29 is 89.2 Å². The molecule has 3 aromatic heterocycles. The van der Waals surface area contributed by atoms with E-state index in [-0.39, 0.29) is 43.4 Å². The number of halogens is 11. The average molecular weight is 1180 g/mol. The van der Waals surface area contributed by atoms with Gasteiger partial charge in [-0.1, -0.05) is 41.8 Å². The molecule has 3 atom stereocenters. The van der Waals surface area contributed by atoms with Gasteiger partial charge in [-0.15, -0.1) is 0 Å². The third-order valence-electron chi connectivity index (χ3n) is 12.7. The maximum atomic E-state index is 15.6. The van der Waals surface area contributed by atoms with Crippen LogP contribution in [0.3, 0.4) is 0 Å². The van der Waals surface area contributed by atoms with Gasteiger partial charge in [0.1, 0.15) is 46.6 Å². The van der Waals surface area contributed by atoms with Crippen LogP contribution in [0.15, 0.2) is 66.7 Å². The number of rotatable bonds is 16. The molecule has 1 unspecified atom stereocenters. The van der Waals surface area contributed by atoms with Crippen LogP contribution in [-0.4, -0.2) is 84.5 Å². The SMILES string of the molecule is CC(C)(C#Cc1ccc(-c2ccc(Cl)c3c(CN(C(=O)Cc4ccccc4OP(=O)(O)O)[SH](=O)=O)nn(CC(F)(F)F)c23)c(C(Cc2cc(F)cc(F)c2)NC(=O)Cn2nc(C(F)(F)F)c3c2C(F)(F)[C@@H]2C[C@H]32)n1)S(C)(=O)=O. The van der Waals surface area contributed by atoms with Gasteiger partial charge < -0.3 is 9.84 Å². The molecule has 0 bridgehead atoms. The highest BCUT2D eigenvalue weighted by Crippen LogP contribution is 2.68. The second kappa shape index (κ2) is 20.6. The Labute approximate surface area is 441 Å². The van der Waals surface area contributed by atoms with Crippen molar-refractivity contribution in [3.05, 3.63) is 129 Å². The van der Waals surface area contributed by atoms with Crippen LogP contribution in [-0.2, 0) is 79.5 Å². The van der Waals surface area contributed by atoms with E-state index in [0.717, 1.165) is 48.7 Å². The van der Waals surface area contributed by atoms with Gasteiger partial charge in [0, 0.05) is 45.9 Å². The van der Waals surface area contributed by atoms with Crippen LogP contribution in [0.25, 0.3) is 22.0 Å². The number of fused-ring (bicyclic) bond motifs is 4. The second-order valence-electron chi connectivity index (χ2n) is 18.7. The molecule has 1 fully saturated rings. The van der Waals surface area contributed by atoms with Crippen molar-refractivity contribution in [1.29, 1.82) is 0 Å². The molecule has 8 rings (SSSR count). The minimum absolute atomic E-state index is 0.153. The number of phosphoric ester groups is 1. The molecule has 6 aromatic rings. The Morgan fingerprint density at radius 1 is 0.987 bits per heavy atom. The van der Waals surface area contributed by atoms with Gasteiger partial charge in [-0.3, -0.25) is 28.7 Å². The molecule has 1 saturated carbocycles. The zero-order valence-corrected chi connectivity index (χ0v) is 43.5. The highest BCUT2D eigenvalue weighted by molar-refractivity contribution is 7.92. The zero-order valence-electron chi connectivity index (χ0n) is 40.1. The number of phosphoric acid groups is 1. The summed E-state index contributed by atoms with van der Waals surface area (Å²) in [6.45, 7) is -1.94. The van der Waals surface area contributed by atoms with Crippen LogP contribution in [0.1, 0.15) is 77.4 Å². The first-order valence-corrected chi connectivity index (χ1v) is 27.5. The molecule has 3 heterocycles. The lowest BCUT2D eigenvalue weighted by Crippen LogP contribution is -2.35. The number of carbonyl (C=O) groups excluding carboxylic acids is 2. The van der Waals surface area contributed by atoms with E-state index in [1.165, 1.54) is 32.0 Å². The monoisotopic (exact) mass is 1180 g/mol. The smallest absolute Gasteiger partial charge is 0.404 e. The van der Waals surface area contributed by atoms with Crippen LogP contribution in [0.2, 0.25) is 5.02 Å². The molecule has 0 spiro atoms.